The molecule has 1 heterocycles. The Hall–Kier alpha value is -1.49. The quantitative estimate of drug-likeness (QED) is 0.835. The number of nitrogens with one attached hydrogen (secondary N) is 1. The fraction of sp³-hybridized carbons (Fsp3) is 0.682. The molecule has 2 aliphatic carbocycles. The highest BCUT2D eigenvalue weighted by Gasteiger charge is 2.68. The van der Waals surface area contributed by atoms with Crippen LogP contribution in [-0.4, -0.2) is 18.6 Å². The zero-order valence-electron chi connectivity index (χ0n) is 16.5. The van der Waals surface area contributed by atoms with E-state index in [9.17, 15) is 13.6 Å². The number of rotatable bonds is 3. The molecule has 2 bridgehead atoms. The van der Waals surface area contributed by atoms with E-state index in [-0.39, 0.29) is 40.2 Å². The van der Waals surface area contributed by atoms with Crippen LogP contribution in [0.1, 0.15) is 58.6 Å². The van der Waals surface area contributed by atoms with Crippen LogP contribution in [0.3, 0.4) is 0 Å². The third kappa shape index (κ3) is 2.65. The van der Waals surface area contributed by atoms with Crippen LogP contribution in [0.15, 0.2) is 18.2 Å². The summed E-state index contributed by atoms with van der Waals surface area (Å²) < 4.78 is 35.0. The second kappa shape index (κ2) is 6.26. The Morgan fingerprint density at radius 3 is 2.56 bits per heavy atom. The molecule has 1 amide bonds. The van der Waals surface area contributed by atoms with E-state index in [0.717, 1.165) is 19.3 Å². The van der Waals surface area contributed by atoms with E-state index in [1.807, 2.05) is 13.8 Å². The van der Waals surface area contributed by atoms with Gasteiger partial charge in [-0.15, -0.1) is 0 Å². The SMILES string of the molecule is CC(C)C(=O)N[C@H]1C(C)(C)[C@@H]2C[C@@H]3[C@@H](c4c(F)cccc4F)OCC[C@@]31C2. The summed E-state index contributed by atoms with van der Waals surface area (Å²) in [5.41, 5.74) is -0.131. The predicted octanol–water partition coefficient (Wildman–Crippen LogP) is 4.62. The molecule has 3 fully saturated rings. The molecule has 5 atom stereocenters. The van der Waals surface area contributed by atoms with E-state index in [1.54, 1.807) is 0 Å². The average molecular weight is 377 g/mol. The minimum absolute atomic E-state index is 0.00452. The number of amides is 1. The van der Waals surface area contributed by atoms with Gasteiger partial charge in [-0.2, -0.15) is 0 Å². The fourth-order valence-electron chi connectivity index (χ4n) is 6.16. The molecular formula is C22H29F2NO2. The van der Waals surface area contributed by atoms with Gasteiger partial charge in [0, 0.05) is 18.6 Å². The molecule has 3 nitrogen and oxygen atoms in total. The Morgan fingerprint density at radius 1 is 1.26 bits per heavy atom. The summed E-state index contributed by atoms with van der Waals surface area (Å²) in [6.07, 6.45) is 2.12. The molecule has 1 spiro atoms. The molecular weight excluding hydrogens is 348 g/mol. The Morgan fingerprint density at radius 2 is 1.93 bits per heavy atom. The standard InChI is InChI=1S/C22H29F2NO2/c1-12(2)19(26)25-20-21(3,4)13-10-14-18(27-9-8-22(14,20)11-13)17-15(23)6-5-7-16(17)24/h5-7,12-14,18,20H,8-11H2,1-4H3,(H,25,26)/t13-,14-,18+,20+,22-/m1/s1. The number of hydrogen-bond donors (Lipinski definition) is 1. The molecule has 4 rings (SSSR count). The summed E-state index contributed by atoms with van der Waals surface area (Å²) in [4.78, 5) is 12.5. The first-order chi connectivity index (χ1) is 12.7. The smallest absolute Gasteiger partial charge is 0.222 e. The molecule has 0 unspecified atom stereocenters. The first-order valence-electron chi connectivity index (χ1n) is 10.0. The van der Waals surface area contributed by atoms with E-state index in [1.165, 1.54) is 18.2 Å². The van der Waals surface area contributed by atoms with Gasteiger partial charge in [0.25, 0.3) is 0 Å². The van der Waals surface area contributed by atoms with Crippen molar-refractivity contribution < 1.29 is 18.3 Å². The van der Waals surface area contributed by atoms with Crippen molar-refractivity contribution in [3.8, 4) is 0 Å². The number of carbonyl (C=O) groups excluding carboxylic acids is 1. The van der Waals surface area contributed by atoms with Gasteiger partial charge in [-0.3, -0.25) is 4.79 Å². The summed E-state index contributed by atoms with van der Waals surface area (Å²) in [7, 11) is 0. The van der Waals surface area contributed by atoms with Gasteiger partial charge >= 0.3 is 0 Å². The maximum atomic E-state index is 14.5. The number of halogens is 2. The van der Waals surface area contributed by atoms with Crippen LogP contribution in [0.5, 0.6) is 0 Å². The minimum atomic E-state index is -0.584. The van der Waals surface area contributed by atoms with Gasteiger partial charge in [0.05, 0.1) is 11.7 Å². The van der Waals surface area contributed by atoms with Crippen molar-refractivity contribution in [3.63, 3.8) is 0 Å². The average Bonchev–Trinajstić information content (AvgIpc) is 3.08. The van der Waals surface area contributed by atoms with Crippen LogP contribution >= 0.6 is 0 Å². The van der Waals surface area contributed by atoms with Crippen LogP contribution in [0.4, 0.5) is 8.78 Å². The van der Waals surface area contributed by atoms with Crippen molar-refractivity contribution in [2.24, 2.45) is 28.6 Å². The number of carbonyl (C=O) groups is 1. The monoisotopic (exact) mass is 377 g/mol. The van der Waals surface area contributed by atoms with Crippen LogP contribution < -0.4 is 5.32 Å². The third-order valence-electron chi connectivity index (χ3n) is 7.60. The highest BCUT2D eigenvalue weighted by Crippen LogP contribution is 2.70. The van der Waals surface area contributed by atoms with Crippen LogP contribution in [0.25, 0.3) is 0 Å². The Balaban J connectivity index is 1.73. The van der Waals surface area contributed by atoms with Crippen LogP contribution in [0.2, 0.25) is 0 Å². The maximum Gasteiger partial charge on any atom is 0.222 e. The molecule has 1 aromatic rings. The Bertz CT molecular complexity index is 742. The topological polar surface area (TPSA) is 38.3 Å². The van der Waals surface area contributed by atoms with Crippen molar-refractivity contribution in [3.05, 3.63) is 35.4 Å². The Kier molecular flexibility index (Phi) is 4.37. The lowest BCUT2D eigenvalue weighted by Crippen LogP contribution is -2.59. The number of benzene rings is 1. The van der Waals surface area contributed by atoms with E-state index in [2.05, 4.69) is 19.2 Å². The van der Waals surface area contributed by atoms with Gasteiger partial charge in [-0.1, -0.05) is 33.8 Å². The second-order valence-electron chi connectivity index (χ2n) is 9.57. The van der Waals surface area contributed by atoms with Crippen molar-refractivity contribution in [1.29, 1.82) is 0 Å². The lowest BCUT2D eigenvalue weighted by Gasteiger charge is -2.53. The molecule has 1 aliphatic heterocycles. The first-order valence-corrected chi connectivity index (χ1v) is 10.0. The van der Waals surface area contributed by atoms with Crippen molar-refractivity contribution in [2.75, 3.05) is 6.61 Å². The number of fused-ring (bicyclic) bond motifs is 1. The molecule has 0 radical (unpaired) electrons. The molecule has 148 valence electrons. The molecule has 1 aromatic carbocycles. The Labute approximate surface area is 159 Å². The first kappa shape index (κ1) is 18.9. The molecule has 1 saturated heterocycles. The molecule has 0 aromatic heterocycles. The van der Waals surface area contributed by atoms with E-state index in [0.29, 0.717) is 12.5 Å². The highest BCUT2D eigenvalue weighted by molar-refractivity contribution is 5.78. The predicted molar refractivity (Wildman–Crippen MR) is 98.9 cm³/mol. The summed E-state index contributed by atoms with van der Waals surface area (Å²) in [5.74, 6) is -0.681. The van der Waals surface area contributed by atoms with E-state index >= 15 is 0 Å². The van der Waals surface area contributed by atoms with Crippen molar-refractivity contribution in [1.82, 2.24) is 5.32 Å². The van der Waals surface area contributed by atoms with Crippen LogP contribution in [0, 0.1) is 40.2 Å². The zero-order valence-corrected chi connectivity index (χ0v) is 16.5. The minimum Gasteiger partial charge on any atom is -0.373 e. The molecule has 1 N–H and O–H groups in total. The van der Waals surface area contributed by atoms with Gasteiger partial charge in [-0.25, -0.2) is 8.78 Å². The lowest BCUT2D eigenvalue weighted by molar-refractivity contribution is -0.140. The maximum absolute atomic E-state index is 14.5. The zero-order chi connectivity index (χ0) is 19.6. The highest BCUT2D eigenvalue weighted by atomic mass is 19.1. The van der Waals surface area contributed by atoms with Gasteiger partial charge in [-0.05, 0) is 54.1 Å². The summed E-state index contributed by atoms with van der Waals surface area (Å²) >= 11 is 0. The van der Waals surface area contributed by atoms with E-state index < -0.39 is 17.7 Å². The van der Waals surface area contributed by atoms with Gasteiger partial charge < -0.3 is 10.1 Å². The molecule has 2 saturated carbocycles. The van der Waals surface area contributed by atoms with Gasteiger partial charge in [0.15, 0.2) is 0 Å². The molecule has 3 aliphatic rings. The fourth-order valence-corrected chi connectivity index (χ4v) is 6.16. The summed E-state index contributed by atoms with van der Waals surface area (Å²) in [5, 5.41) is 3.31. The third-order valence-corrected chi connectivity index (χ3v) is 7.60. The summed E-state index contributed by atoms with van der Waals surface area (Å²) in [6, 6.07) is 4.00. The lowest BCUT2D eigenvalue weighted by atomic mass is 9.58. The second-order valence-corrected chi connectivity index (χ2v) is 9.57. The summed E-state index contributed by atoms with van der Waals surface area (Å²) in [6.45, 7) is 8.70. The van der Waals surface area contributed by atoms with Gasteiger partial charge in [0.1, 0.15) is 11.6 Å². The van der Waals surface area contributed by atoms with Crippen molar-refractivity contribution in [2.45, 2.75) is 59.1 Å². The number of ether oxygens (including phenoxy) is 1. The largest absolute Gasteiger partial charge is 0.373 e. The number of hydrogen-bond acceptors (Lipinski definition) is 2. The van der Waals surface area contributed by atoms with Gasteiger partial charge in [0.2, 0.25) is 5.91 Å². The molecule has 5 heteroatoms. The van der Waals surface area contributed by atoms with Crippen LogP contribution in [-0.2, 0) is 9.53 Å². The normalized spacial score (nSPS) is 36.7. The van der Waals surface area contributed by atoms with E-state index in [4.69, 9.17) is 4.74 Å². The van der Waals surface area contributed by atoms with Crippen molar-refractivity contribution >= 4 is 5.91 Å². The molecule has 27 heavy (non-hydrogen) atoms.